The van der Waals surface area contributed by atoms with Crippen LogP contribution in [-0.4, -0.2) is 30.0 Å². The highest BCUT2D eigenvalue weighted by Crippen LogP contribution is 2.45. The number of anilines is 1. The maximum atomic E-state index is 14.0. The number of hydrogen-bond acceptors (Lipinski definition) is 7. The van der Waals surface area contributed by atoms with E-state index in [2.05, 4.69) is 15.3 Å². The summed E-state index contributed by atoms with van der Waals surface area (Å²) >= 11 is 1.25. The number of H-pyrrole nitrogens is 1. The minimum atomic E-state index is -0.587. The molecule has 2 N–H and O–H groups in total. The van der Waals surface area contributed by atoms with Gasteiger partial charge in [-0.2, -0.15) is 0 Å². The lowest BCUT2D eigenvalue weighted by atomic mass is 9.76. The molecule has 0 radical (unpaired) electrons. The van der Waals surface area contributed by atoms with Gasteiger partial charge in [0, 0.05) is 29.4 Å². The molecule has 0 fully saturated rings. The monoisotopic (exact) mass is 493 g/mol. The number of hydrogen-bond donors (Lipinski definition) is 2. The molecule has 0 bridgehead atoms. The standard InChI is InChI=1S/C26H24FN3O4S/c1-33-19-11-10-14(12-20(19)34-2)21-22-17(8-5-9-18(22)31)28-24-23(21)25(32)30-26(29-24)35-13-15-6-3-4-7-16(15)27/h3-4,6-7,10-12,21H,5,8-9,13H2,1-2H3,(H2,28,29,30,32). The summed E-state index contributed by atoms with van der Waals surface area (Å²) in [4.78, 5) is 33.9. The molecular weight excluding hydrogens is 469 g/mol. The van der Waals surface area contributed by atoms with Crippen LogP contribution in [0.5, 0.6) is 11.5 Å². The zero-order valence-corrected chi connectivity index (χ0v) is 20.1. The molecule has 1 aliphatic carbocycles. The number of rotatable bonds is 6. The SMILES string of the molecule is COc1ccc(C2C3=C(CCCC3=O)Nc3nc(SCc4ccccc4F)[nH]c(=O)c32)cc1OC. The molecule has 2 aliphatic rings. The first kappa shape index (κ1) is 23.2. The van der Waals surface area contributed by atoms with Crippen LogP contribution in [0.2, 0.25) is 0 Å². The number of allylic oxidation sites excluding steroid dienone is 2. The van der Waals surface area contributed by atoms with E-state index in [1.54, 1.807) is 44.6 Å². The van der Waals surface area contributed by atoms with Gasteiger partial charge in [0.05, 0.1) is 19.8 Å². The Morgan fingerprint density at radius 3 is 2.66 bits per heavy atom. The van der Waals surface area contributed by atoms with E-state index in [1.165, 1.54) is 17.8 Å². The molecule has 2 aromatic carbocycles. The fraction of sp³-hybridized carbons (Fsp3) is 0.269. The smallest absolute Gasteiger partial charge is 0.257 e. The van der Waals surface area contributed by atoms with Crippen molar-refractivity contribution in [3.8, 4) is 11.5 Å². The number of nitrogens with zero attached hydrogens (tertiary/aromatic N) is 1. The van der Waals surface area contributed by atoms with Gasteiger partial charge in [-0.1, -0.05) is 36.0 Å². The molecule has 0 spiro atoms. The number of ketones is 1. The highest BCUT2D eigenvalue weighted by molar-refractivity contribution is 7.98. The number of carbonyl (C=O) groups is 1. The van der Waals surface area contributed by atoms with Gasteiger partial charge < -0.3 is 19.8 Å². The van der Waals surface area contributed by atoms with Crippen molar-refractivity contribution in [3.05, 3.63) is 86.6 Å². The second-order valence-electron chi connectivity index (χ2n) is 8.35. The first-order valence-electron chi connectivity index (χ1n) is 11.3. The quantitative estimate of drug-likeness (QED) is 0.377. The first-order valence-corrected chi connectivity index (χ1v) is 12.2. The molecule has 3 aromatic rings. The largest absolute Gasteiger partial charge is 0.493 e. The van der Waals surface area contributed by atoms with Crippen molar-refractivity contribution in [2.45, 2.75) is 36.1 Å². The van der Waals surface area contributed by atoms with E-state index in [1.807, 2.05) is 6.07 Å². The Bertz CT molecular complexity index is 1400. The van der Waals surface area contributed by atoms with Gasteiger partial charge in [0.25, 0.3) is 5.56 Å². The minimum Gasteiger partial charge on any atom is -0.493 e. The number of Topliss-reactive ketones (excluding diaryl/α,β-unsaturated/α-hetero) is 1. The lowest BCUT2D eigenvalue weighted by molar-refractivity contribution is -0.116. The molecule has 0 saturated heterocycles. The summed E-state index contributed by atoms with van der Waals surface area (Å²) in [6.45, 7) is 0. The van der Waals surface area contributed by atoms with E-state index < -0.39 is 5.92 Å². The average molecular weight is 494 g/mol. The van der Waals surface area contributed by atoms with Gasteiger partial charge in [0.15, 0.2) is 22.4 Å². The molecule has 5 rings (SSSR count). The molecule has 9 heteroatoms. The molecule has 7 nitrogen and oxygen atoms in total. The van der Waals surface area contributed by atoms with Gasteiger partial charge in [-0.25, -0.2) is 9.37 Å². The molecule has 1 aliphatic heterocycles. The van der Waals surface area contributed by atoms with Crippen LogP contribution in [0.4, 0.5) is 10.2 Å². The molecule has 1 aromatic heterocycles. The van der Waals surface area contributed by atoms with Gasteiger partial charge in [0.2, 0.25) is 0 Å². The molecule has 2 heterocycles. The second-order valence-corrected chi connectivity index (χ2v) is 9.32. The number of thioether (sulfide) groups is 1. The molecule has 180 valence electrons. The fourth-order valence-corrected chi connectivity index (χ4v) is 5.48. The maximum Gasteiger partial charge on any atom is 0.257 e. The maximum absolute atomic E-state index is 14.0. The van der Waals surface area contributed by atoms with Crippen molar-refractivity contribution < 1.29 is 18.7 Å². The normalized spacial score (nSPS) is 16.9. The van der Waals surface area contributed by atoms with E-state index in [-0.39, 0.29) is 17.2 Å². The number of methoxy groups -OCH3 is 2. The first-order chi connectivity index (χ1) is 17.0. The van der Waals surface area contributed by atoms with Gasteiger partial charge in [0.1, 0.15) is 11.6 Å². The summed E-state index contributed by atoms with van der Waals surface area (Å²) in [5, 5.41) is 3.63. The van der Waals surface area contributed by atoms with Crippen molar-refractivity contribution in [2.24, 2.45) is 0 Å². The van der Waals surface area contributed by atoms with Gasteiger partial charge in [-0.15, -0.1) is 0 Å². The molecule has 1 atom stereocenters. The summed E-state index contributed by atoms with van der Waals surface area (Å²) < 4.78 is 24.9. The Hall–Kier alpha value is -3.59. The third-order valence-corrected chi connectivity index (χ3v) is 7.22. The summed E-state index contributed by atoms with van der Waals surface area (Å²) in [6, 6.07) is 11.9. The van der Waals surface area contributed by atoms with Crippen LogP contribution in [-0.2, 0) is 10.5 Å². The van der Waals surface area contributed by atoms with E-state index in [4.69, 9.17) is 9.47 Å². The fourth-order valence-electron chi connectivity index (χ4n) is 4.64. The number of nitrogens with one attached hydrogen (secondary N) is 2. The lowest BCUT2D eigenvalue weighted by Crippen LogP contribution is -2.32. The van der Waals surface area contributed by atoms with Crippen LogP contribution < -0.4 is 20.3 Å². The Kier molecular flexibility index (Phi) is 6.34. The predicted octanol–water partition coefficient (Wildman–Crippen LogP) is 4.78. The van der Waals surface area contributed by atoms with Crippen LogP contribution in [0, 0.1) is 5.82 Å². The third-order valence-electron chi connectivity index (χ3n) is 6.30. The molecule has 1 unspecified atom stereocenters. The Balaban J connectivity index is 1.59. The topological polar surface area (TPSA) is 93.3 Å². The second kappa shape index (κ2) is 9.58. The molecule has 0 saturated carbocycles. The van der Waals surface area contributed by atoms with Crippen LogP contribution in [0.15, 0.2) is 63.7 Å². The van der Waals surface area contributed by atoms with Gasteiger partial charge in [-0.05, 0) is 42.2 Å². The van der Waals surface area contributed by atoms with Crippen LogP contribution in [0.1, 0.15) is 41.9 Å². The van der Waals surface area contributed by atoms with Gasteiger partial charge >= 0.3 is 0 Å². The Labute approximate surface area is 205 Å². The number of ether oxygens (including phenoxy) is 2. The van der Waals surface area contributed by atoms with Crippen molar-refractivity contribution in [3.63, 3.8) is 0 Å². The highest BCUT2D eigenvalue weighted by atomic mass is 32.2. The van der Waals surface area contributed by atoms with E-state index >= 15 is 0 Å². The molecular formula is C26H24FN3O4S. The van der Waals surface area contributed by atoms with Gasteiger partial charge in [-0.3, -0.25) is 9.59 Å². The summed E-state index contributed by atoms with van der Waals surface area (Å²) in [7, 11) is 3.10. The highest BCUT2D eigenvalue weighted by Gasteiger charge is 2.38. The molecule has 0 amide bonds. The van der Waals surface area contributed by atoms with E-state index in [0.717, 1.165) is 17.7 Å². The Morgan fingerprint density at radius 2 is 1.89 bits per heavy atom. The number of carbonyl (C=O) groups excluding carboxylic acids is 1. The summed E-state index contributed by atoms with van der Waals surface area (Å²) in [5.74, 6) is 0.927. The Morgan fingerprint density at radius 1 is 1.09 bits per heavy atom. The number of benzene rings is 2. The van der Waals surface area contributed by atoms with Crippen LogP contribution in [0.25, 0.3) is 0 Å². The van der Waals surface area contributed by atoms with E-state index in [0.29, 0.717) is 57.8 Å². The number of aromatic amines is 1. The van der Waals surface area contributed by atoms with E-state index in [9.17, 15) is 14.0 Å². The summed E-state index contributed by atoms with van der Waals surface area (Å²) in [5.41, 5.74) is 2.68. The number of fused-ring (bicyclic) bond motifs is 1. The zero-order valence-electron chi connectivity index (χ0n) is 19.3. The van der Waals surface area contributed by atoms with Crippen molar-refractivity contribution >= 4 is 23.4 Å². The zero-order chi connectivity index (χ0) is 24.5. The average Bonchev–Trinajstić information content (AvgIpc) is 2.86. The van der Waals surface area contributed by atoms with Crippen molar-refractivity contribution in [2.75, 3.05) is 19.5 Å². The summed E-state index contributed by atoms with van der Waals surface area (Å²) in [6.07, 6.45) is 1.86. The van der Waals surface area contributed by atoms with Crippen LogP contribution in [0.3, 0.4) is 0 Å². The number of aromatic nitrogens is 2. The third kappa shape index (κ3) is 4.32. The molecule has 35 heavy (non-hydrogen) atoms. The predicted molar refractivity (Wildman–Crippen MR) is 132 cm³/mol. The minimum absolute atomic E-state index is 0.0154. The van der Waals surface area contributed by atoms with Crippen molar-refractivity contribution in [1.82, 2.24) is 9.97 Å². The van der Waals surface area contributed by atoms with Crippen LogP contribution >= 0.6 is 11.8 Å². The number of halogens is 1. The lowest BCUT2D eigenvalue weighted by Gasteiger charge is -2.33. The van der Waals surface area contributed by atoms with Crippen molar-refractivity contribution in [1.29, 1.82) is 0 Å².